The summed E-state index contributed by atoms with van der Waals surface area (Å²) in [7, 11) is -1.18. The highest BCUT2D eigenvalue weighted by Gasteiger charge is 2.32. The van der Waals surface area contributed by atoms with Gasteiger partial charge in [-0.2, -0.15) is 0 Å². The average molecular weight is 588 g/mol. The Hall–Kier alpha value is -3.76. The van der Waals surface area contributed by atoms with Crippen LogP contribution in [0.15, 0.2) is 77.7 Å². The first-order valence-corrected chi connectivity index (χ1v) is 14.5. The Bertz CT molecular complexity index is 1400. The molecule has 0 saturated carbocycles. The molecule has 0 aliphatic heterocycles. The second-order valence-electron chi connectivity index (χ2n) is 9.00. The number of carbonyl (C=O) groups excluding carboxylic acids is 2. The van der Waals surface area contributed by atoms with Crippen molar-refractivity contribution in [2.24, 2.45) is 0 Å². The summed E-state index contributed by atoms with van der Waals surface area (Å²) in [5.41, 5.74) is 0.959. The third kappa shape index (κ3) is 7.67. The Morgan fingerprint density at radius 3 is 2.10 bits per heavy atom. The number of halogens is 1. The quantitative estimate of drug-likeness (QED) is 0.316. The Morgan fingerprint density at radius 1 is 0.950 bits per heavy atom. The van der Waals surface area contributed by atoms with Crippen LogP contribution in [0.5, 0.6) is 11.5 Å². The molecular formula is C29H34ClN3O6S. The summed E-state index contributed by atoms with van der Waals surface area (Å²) in [5, 5.41) is 3.12. The van der Waals surface area contributed by atoms with E-state index in [4.69, 9.17) is 21.1 Å². The van der Waals surface area contributed by atoms with Crippen molar-refractivity contribution in [1.82, 2.24) is 10.2 Å². The number of hydrogen-bond acceptors (Lipinski definition) is 6. The van der Waals surface area contributed by atoms with Crippen molar-refractivity contribution in [1.29, 1.82) is 0 Å². The smallest absolute Gasteiger partial charge is 0.264 e. The predicted octanol–water partition coefficient (Wildman–Crippen LogP) is 4.50. The van der Waals surface area contributed by atoms with Gasteiger partial charge in [-0.1, -0.05) is 36.7 Å². The Balaban J connectivity index is 2.01. The first-order chi connectivity index (χ1) is 19.1. The number of nitrogens with zero attached hydrogens (tertiary/aromatic N) is 2. The van der Waals surface area contributed by atoms with E-state index in [0.29, 0.717) is 23.1 Å². The van der Waals surface area contributed by atoms with Crippen molar-refractivity contribution in [3.05, 3.63) is 83.4 Å². The number of ether oxygens (including phenoxy) is 2. The van der Waals surface area contributed by atoms with Crippen LogP contribution in [0.3, 0.4) is 0 Å². The van der Waals surface area contributed by atoms with Gasteiger partial charge >= 0.3 is 0 Å². The molecule has 0 spiro atoms. The lowest BCUT2D eigenvalue weighted by molar-refractivity contribution is -0.139. The van der Waals surface area contributed by atoms with Crippen LogP contribution in [0.2, 0.25) is 5.02 Å². The monoisotopic (exact) mass is 587 g/mol. The number of hydrogen-bond donors (Lipinski definition) is 1. The van der Waals surface area contributed by atoms with Gasteiger partial charge in [0.15, 0.2) is 0 Å². The standard InChI is InChI=1S/C29H34ClN3O6S/c1-5-17-31-29(35)21(2)32(19-22-9-11-25(38-3)12-10-22)28(34)20-33(24-8-6-7-23(30)18-24)40(36,37)27-15-13-26(39-4)14-16-27/h6-16,18,21H,5,17,19-20H2,1-4H3,(H,31,35)/t21-/m0/s1. The fourth-order valence-electron chi connectivity index (χ4n) is 3.94. The molecule has 0 saturated heterocycles. The summed E-state index contributed by atoms with van der Waals surface area (Å²) in [4.78, 5) is 28.2. The molecule has 0 aromatic heterocycles. The summed E-state index contributed by atoms with van der Waals surface area (Å²) in [6.45, 7) is 3.52. The maximum atomic E-state index is 13.9. The highest BCUT2D eigenvalue weighted by Crippen LogP contribution is 2.28. The molecule has 1 N–H and O–H groups in total. The largest absolute Gasteiger partial charge is 0.497 e. The number of carbonyl (C=O) groups is 2. The van der Waals surface area contributed by atoms with Crippen LogP contribution in [0.4, 0.5) is 5.69 Å². The van der Waals surface area contributed by atoms with Gasteiger partial charge in [-0.25, -0.2) is 8.42 Å². The summed E-state index contributed by atoms with van der Waals surface area (Å²) in [6, 6.07) is 18.4. The lowest BCUT2D eigenvalue weighted by Crippen LogP contribution is -2.51. The van der Waals surface area contributed by atoms with E-state index >= 15 is 0 Å². The predicted molar refractivity (Wildman–Crippen MR) is 155 cm³/mol. The molecule has 0 unspecified atom stereocenters. The normalized spacial score (nSPS) is 11.8. The number of anilines is 1. The minimum absolute atomic E-state index is 0.0310. The van der Waals surface area contributed by atoms with Crippen LogP contribution in [0.25, 0.3) is 0 Å². The minimum Gasteiger partial charge on any atom is -0.497 e. The molecular weight excluding hydrogens is 554 g/mol. The topological polar surface area (TPSA) is 105 Å². The number of methoxy groups -OCH3 is 2. The van der Waals surface area contributed by atoms with Crippen molar-refractivity contribution in [3.63, 3.8) is 0 Å². The number of amides is 2. The number of benzene rings is 3. The van der Waals surface area contributed by atoms with E-state index in [9.17, 15) is 18.0 Å². The first-order valence-electron chi connectivity index (χ1n) is 12.7. The Morgan fingerprint density at radius 2 is 1.55 bits per heavy atom. The molecule has 214 valence electrons. The molecule has 0 radical (unpaired) electrons. The molecule has 2 amide bonds. The molecule has 9 nitrogen and oxygen atoms in total. The van der Waals surface area contributed by atoms with Crippen LogP contribution in [-0.2, 0) is 26.2 Å². The summed E-state index contributed by atoms with van der Waals surface area (Å²) in [5.74, 6) is 0.234. The van der Waals surface area contributed by atoms with Crippen molar-refractivity contribution >= 4 is 39.1 Å². The van der Waals surface area contributed by atoms with Gasteiger partial charge in [0.05, 0.1) is 24.8 Å². The molecule has 0 bridgehead atoms. The molecule has 0 aliphatic rings. The van der Waals surface area contributed by atoms with Crippen molar-refractivity contribution in [3.8, 4) is 11.5 Å². The summed E-state index contributed by atoms with van der Waals surface area (Å²) in [6.07, 6.45) is 0.730. The van der Waals surface area contributed by atoms with Gasteiger partial charge in [-0.15, -0.1) is 0 Å². The maximum Gasteiger partial charge on any atom is 0.264 e. The van der Waals surface area contributed by atoms with E-state index in [1.54, 1.807) is 56.5 Å². The zero-order valence-electron chi connectivity index (χ0n) is 23.0. The molecule has 40 heavy (non-hydrogen) atoms. The molecule has 3 aromatic rings. The van der Waals surface area contributed by atoms with E-state index < -0.39 is 28.5 Å². The van der Waals surface area contributed by atoms with Gasteiger partial charge in [0, 0.05) is 18.1 Å². The van der Waals surface area contributed by atoms with Gasteiger partial charge in [0.25, 0.3) is 10.0 Å². The number of nitrogens with one attached hydrogen (secondary N) is 1. The van der Waals surface area contributed by atoms with Gasteiger partial charge in [-0.3, -0.25) is 13.9 Å². The molecule has 0 fully saturated rings. The fourth-order valence-corrected chi connectivity index (χ4v) is 5.53. The zero-order chi connectivity index (χ0) is 29.3. The van der Waals surface area contributed by atoms with Crippen molar-refractivity contribution in [2.45, 2.75) is 37.8 Å². The number of sulfonamides is 1. The van der Waals surface area contributed by atoms with E-state index in [2.05, 4.69) is 5.32 Å². The molecule has 0 aliphatic carbocycles. The third-order valence-corrected chi connectivity index (χ3v) is 8.27. The molecule has 3 aromatic carbocycles. The number of rotatable bonds is 13. The van der Waals surface area contributed by atoms with E-state index in [1.807, 2.05) is 6.92 Å². The fraction of sp³-hybridized carbons (Fsp3) is 0.310. The molecule has 3 rings (SSSR count). The summed E-state index contributed by atoms with van der Waals surface area (Å²) >= 11 is 6.20. The highest BCUT2D eigenvalue weighted by molar-refractivity contribution is 7.92. The zero-order valence-corrected chi connectivity index (χ0v) is 24.5. The Labute approximate surface area is 240 Å². The van der Waals surface area contributed by atoms with E-state index in [1.165, 1.54) is 42.3 Å². The minimum atomic E-state index is -4.21. The molecule has 0 heterocycles. The van der Waals surface area contributed by atoms with Gasteiger partial charge in [0.2, 0.25) is 11.8 Å². The van der Waals surface area contributed by atoms with Crippen LogP contribution < -0.4 is 19.1 Å². The van der Waals surface area contributed by atoms with Crippen molar-refractivity contribution < 1.29 is 27.5 Å². The SMILES string of the molecule is CCCNC(=O)[C@H](C)N(Cc1ccc(OC)cc1)C(=O)CN(c1cccc(Cl)c1)S(=O)(=O)c1ccc(OC)cc1. The van der Waals surface area contributed by atoms with E-state index in [0.717, 1.165) is 16.3 Å². The van der Waals surface area contributed by atoms with Crippen LogP contribution in [0, 0.1) is 0 Å². The van der Waals surface area contributed by atoms with E-state index in [-0.39, 0.29) is 23.0 Å². The second kappa shape index (κ2) is 14.0. The third-order valence-electron chi connectivity index (χ3n) is 6.25. The van der Waals surface area contributed by atoms with Gasteiger partial charge < -0.3 is 19.7 Å². The first kappa shape index (κ1) is 30.8. The van der Waals surface area contributed by atoms with Gasteiger partial charge in [0.1, 0.15) is 24.1 Å². The lowest BCUT2D eigenvalue weighted by atomic mass is 10.1. The maximum absolute atomic E-state index is 13.9. The summed E-state index contributed by atoms with van der Waals surface area (Å²) < 4.78 is 39.1. The second-order valence-corrected chi connectivity index (χ2v) is 11.3. The van der Waals surface area contributed by atoms with Gasteiger partial charge in [-0.05, 0) is 73.5 Å². The van der Waals surface area contributed by atoms with Crippen LogP contribution >= 0.6 is 11.6 Å². The van der Waals surface area contributed by atoms with Crippen LogP contribution in [0.1, 0.15) is 25.8 Å². The molecule has 11 heteroatoms. The lowest BCUT2D eigenvalue weighted by Gasteiger charge is -2.32. The van der Waals surface area contributed by atoms with Crippen molar-refractivity contribution in [2.75, 3.05) is 31.6 Å². The molecule has 1 atom stereocenters. The highest BCUT2D eigenvalue weighted by atomic mass is 35.5. The van der Waals surface area contributed by atoms with Crippen LogP contribution in [-0.4, -0.2) is 58.5 Å². The average Bonchev–Trinajstić information content (AvgIpc) is 2.97. The Kier molecular flexibility index (Phi) is 10.8.